The monoisotopic (exact) mass is 325 g/mol. The van der Waals surface area contributed by atoms with E-state index in [0.717, 1.165) is 24.1 Å². The molecule has 1 aliphatic heterocycles. The minimum atomic E-state index is -1.16. The Morgan fingerprint density at radius 2 is 1.88 bits per heavy atom. The molecule has 126 valence electrons. The maximum absolute atomic E-state index is 12.3. The summed E-state index contributed by atoms with van der Waals surface area (Å²) in [5.74, 6) is -0.813. The van der Waals surface area contributed by atoms with Crippen LogP contribution in [0.25, 0.3) is 11.3 Å². The van der Waals surface area contributed by atoms with Crippen molar-refractivity contribution in [2.24, 2.45) is 5.92 Å². The molecule has 1 N–H and O–H groups in total. The quantitative estimate of drug-likeness (QED) is 0.909. The molecule has 1 atom stereocenters. The molecule has 2 heterocycles. The maximum Gasteiger partial charge on any atom is 0.341 e. The molecule has 4 heteroatoms. The second-order valence-corrected chi connectivity index (χ2v) is 7.09. The Balaban J connectivity index is 2.35. The van der Waals surface area contributed by atoms with Gasteiger partial charge in [0.2, 0.25) is 0 Å². The zero-order chi connectivity index (χ0) is 17.6. The van der Waals surface area contributed by atoms with E-state index in [9.17, 15) is 14.7 Å². The molecule has 0 saturated carbocycles. The van der Waals surface area contributed by atoms with Crippen LogP contribution in [0.15, 0.2) is 29.2 Å². The molecule has 0 spiro atoms. The zero-order valence-corrected chi connectivity index (χ0v) is 14.6. The van der Waals surface area contributed by atoms with E-state index < -0.39 is 11.4 Å². The first-order valence-electron chi connectivity index (χ1n) is 8.39. The zero-order valence-electron chi connectivity index (χ0n) is 14.6. The van der Waals surface area contributed by atoms with E-state index in [2.05, 4.69) is 39.8 Å². The van der Waals surface area contributed by atoms with Gasteiger partial charge in [-0.25, -0.2) is 4.79 Å². The summed E-state index contributed by atoms with van der Waals surface area (Å²) in [5.41, 5.74) is 4.96. The molecule has 1 aliphatic rings. The average molecular weight is 325 g/mol. The van der Waals surface area contributed by atoms with E-state index in [1.54, 1.807) is 0 Å². The fourth-order valence-electron chi connectivity index (χ4n) is 3.62. The Hall–Kier alpha value is -2.36. The fourth-order valence-corrected chi connectivity index (χ4v) is 3.62. The van der Waals surface area contributed by atoms with Gasteiger partial charge in [-0.15, -0.1) is 0 Å². The lowest BCUT2D eigenvalue weighted by Gasteiger charge is -2.25. The van der Waals surface area contributed by atoms with Crippen molar-refractivity contribution in [3.8, 4) is 11.3 Å². The van der Waals surface area contributed by atoms with Crippen LogP contribution < -0.4 is 5.43 Å². The van der Waals surface area contributed by atoms with Crippen molar-refractivity contribution in [1.29, 1.82) is 0 Å². The van der Waals surface area contributed by atoms with Gasteiger partial charge in [0.15, 0.2) is 5.43 Å². The van der Waals surface area contributed by atoms with Crippen LogP contribution in [0, 0.1) is 19.8 Å². The van der Waals surface area contributed by atoms with Crippen LogP contribution in [-0.2, 0) is 6.42 Å². The number of rotatable bonds is 2. The Morgan fingerprint density at radius 3 is 2.50 bits per heavy atom. The molecule has 0 bridgehead atoms. The minimum absolute atomic E-state index is 0.156. The van der Waals surface area contributed by atoms with E-state index in [1.165, 1.54) is 29.0 Å². The Morgan fingerprint density at radius 1 is 1.21 bits per heavy atom. The van der Waals surface area contributed by atoms with Crippen molar-refractivity contribution >= 4 is 5.97 Å². The third-order valence-corrected chi connectivity index (χ3v) is 5.14. The van der Waals surface area contributed by atoms with Gasteiger partial charge in [0, 0.05) is 23.9 Å². The predicted molar refractivity (Wildman–Crippen MR) is 94.8 cm³/mol. The molecular weight excluding hydrogens is 302 g/mol. The van der Waals surface area contributed by atoms with E-state index in [4.69, 9.17) is 0 Å². The molecule has 1 unspecified atom stereocenters. The Bertz CT molecular complexity index is 877. The third kappa shape index (κ3) is 2.66. The first-order chi connectivity index (χ1) is 11.3. The number of benzene rings is 1. The van der Waals surface area contributed by atoms with Crippen LogP contribution in [-0.4, -0.2) is 15.6 Å². The molecule has 0 saturated heterocycles. The highest BCUT2D eigenvalue weighted by Crippen LogP contribution is 2.37. The molecule has 1 aromatic carbocycles. The normalized spacial score (nSPS) is 16.5. The van der Waals surface area contributed by atoms with E-state index >= 15 is 0 Å². The second kappa shape index (κ2) is 5.93. The molecule has 0 amide bonds. The summed E-state index contributed by atoms with van der Waals surface area (Å²) >= 11 is 0. The third-order valence-electron chi connectivity index (χ3n) is 5.14. The van der Waals surface area contributed by atoms with E-state index in [1.807, 2.05) is 4.57 Å². The number of hydrogen-bond donors (Lipinski definition) is 1. The number of aromatic nitrogens is 1. The second-order valence-electron chi connectivity index (χ2n) is 7.09. The van der Waals surface area contributed by atoms with Gasteiger partial charge >= 0.3 is 5.97 Å². The van der Waals surface area contributed by atoms with Crippen molar-refractivity contribution < 1.29 is 9.90 Å². The molecular formula is C20H23NO3. The number of hydrogen-bond acceptors (Lipinski definition) is 2. The summed E-state index contributed by atoms with van der Waals surface area (Å²) in [5, 5.41) is 9.32. The number of pyridine rings is 1. The van der Waals surface area contributed by atoms with Crippen LogP contribution >= 0.6 is 0 Å². The lowest BCUT2D eigenvalue weighted by molar-refractivity contribution is 0.0694. The predicted octanol–water partition coefficient (Wildman–Crippen LogP) is 3.97. The Labute approximate surface area is 141 Å². The van der Waals surface area contributed by atoms with Crippen molar-refractivity contribution in [2.75, 3.05) is 0 Å². The standard InChI is InChI=1S/C20H23NO3/c1-11(2)17-6-5-14-7-12(3)13(4)8-15(14)18-9-19(22)16(20(23)24)10-21(17)18/h7-11,17H,5-6H2,1-4H3,(H,23,24). The summed E-state index contributed by atoms with van der Waals surface area (Å²) in [6.07, 6.45) is 3.40. The first kappa shape index (κ1) is 16.5. The molecule has 1 aromatic heterocycles. The smallest absolute Gasteiger partial charge is 0.341 e. The van der Waals surface area contributed by atoms with Crippen LogP contribution in [0.1, 0.15) is 53.4 Å². The van der Waals surface area contributed by atoms with Gasteiger partial charge in [0.25, 0.3) is 0 Å². The van der Waals surface area contributed by atoms with Gasteiger partial charge in [-0.2, -0.15) is 0 Å². The lowest BCUT2D eigenvalue weighted by Crippen LogP contribution is -2.23. The summed E-state index contributed by atoms with van der Waals surface area (Å²) in [6, 6.07) is 6.00. The van der Waals surface area contributed by atoms with Gasteiger partial charge in [0.05, 0.1) is 5.69 Å². The van der Waals surface area contributed by atoms with Crippen LogP contribution in [0.3, 0.4) is 0 Å². The van der Waals surface area contributed by atoms with Crippen molar-refractivity contribution in [1.82, 2.24) is 4.57 Å². The van der Waals surface area contributed by atoms with Crippen molar-refractivity contribution in [2.45, 2.75) is 46.6 Å². The van der Waals surface area contributed by atoms with Crippen LogP contribution in [0.2, 0.25) is 0 Å². The number of carboxylic acid groups (broad SMARTS) is 1. The van der Waals surface area contributed by atoms with Crippen molar-refractivity contribution in [3.63, 3.8) is 0 Å². The van der Waals surface area contributed by atoms with E-state index in [0.29, 0.717) is 5.92 Å². The topological polar surface area (TPSA) is 59.3 Å². The fraction of sp³-hybridized carbons (Fsp3) is 0.400. The summed E-state index contributed by atoms with van der Waals surface area (Å²) in [6.45, 7) is 8.44. The molecule has 4 nitrogen and oxygen atoms in total. The van der Waals surface area contributed by atoms with Gasteiger partial charge in [0.1, 0.15) is 5.56 Å². The highest BCUT2D eigenvalue weighted by molar-refractivity contribution is 5.87. The maximum atomic E-state index is 12.3. The highest BCUT2D eigenvalue weighted by Gasteiger charge is 2.26. The number of carboxylic acids is 1. The number of aryl methyl sites for hydroxylation is 3. The Kier molecular flexibility index (Phi) is 4.08. The van der Waals surface area contributed by atoms with Crippen molar-refractivity contribution in [3.05, 3.63) is 56.9 Å². The molecule has 0 aliphatic carbocycles. The van der Waals surface area contributed by atoms with Crippen LogP contribution in [0.5, 0.6) is 0 Å². The molecule has 0 radical (unpaired) electrons. The molecule has 3 rings (SSSR count). The van der Waals surface area contributed by atoms with Gasteiger partial charge in [-0.1, -0.05) is 19.9 Å². The largest absolute Gasteiger partial charge is 0.477 e. The number of aromatic carboxylic acids is 1. The van der Waals surface area contributed by atoms with Gasteiger partial charge in [-0.3, -0.25) is 4.79 Å². The highest BCUT2D eigenvalue weighted by atomic mass is 16.4. The molecule has 2 aromatic rings. The SMILES string of the molecule is Cc1cc2c(cc1C)-c1cc(=O)c(C(=O)O)cn1C(C(C)C)CC2. The minimum Gasteiger partial charge on any atom is -0.477 e. The van der Waals surface area contributed by atoms with E-state index in [-0.39, 0.29) is 11.6 Å². The van der Waals surface area contributed by atoms with Gasteiger partial charge < -0.3 is 9.67 Å². The summed E-state index contributed by atoms with van der Waals surface area (Å²) in [7, 11) is 0. The number of fused-ring (bicyclic) bond motifs is 3. The van der Waals surface area contributed by atoms with Crippen LogP contribution in [0.4, 0.5) is 0 Å². The number of carbonyl (C=O) groups is 1. The molecule has 0 fully saturated rings. The first-order valence-corrected chi connectivity index (χ1v) is 8.39. The summed E-state index contributed by atoms with van der Waals surface area (Å²) < 4.78 is 2.01. The average Bonchev–Trinajstić information content (AvgIpc) is 2.64. The lowest BCUT2D eigenvalue weighted by atomic mass is 9.94. The summed E-state index contributed by atoms with van der Waals surface area (Å²) in [4.78, 5) is 23.7. The van der Waals surface area contributed by atoms with Gasteiger partial charge in [-0.05, 0) is 55.4 Å². The number of nitrogens with zero attached hydrogens (tertiary/aromatic N) is 1. The molecule has 24 heavy (non-hydrogen) atoms.